The molecule has 0 aliphatic heterocycles. The number of hydrogen-bond donors (Lipinski definition) is 1. The van der Waals surface area contributed by atoms with Crippen LogP contribution in [0.3, 0.4) is 0 Å². The first kappa shape index (κ1) is 8.07. The SMILES string of the molecule is CCN([O-])c1cccc2cn[nH]c12. The zero-order valence-electron chi connectivity index (χ0n) is 7.32. The number of benzene rings is 1. The molecule has 1 aromatic carbocycles. The molecule has 0 bridgehead atoms. The van der Waals surface area contributed by atoms with Crippen molar-refractivity contribution in [1.82, 2.24) is 10.2 Å². The summed E-state index contributed by atoms with van der Waals surface area (Å²) in [6.07, 6.45) is 1.71. The summed E-state index contributed by atoms with van der Waals surface area (Å²) in [7, 11) is 0. The van der Waals surface area contributed by atoms with E-state index < -0.39 is 0 Å². The van der Waals surface area contributed by atoms with Crippen molar-refractivity contribution in [3.05, 3.63) is 29.6 Å². The van der Waals surface area contributed by atoms with Crippen LogP contribution >= 0.6 is 0 Å². The Kier molecular flexibility index (Phi) is 1.90. The lowest BCUT2D eigenvalue weighted by atomic mass is 10.2. The number of aromatic nitrogens is 2. The maximum atomic E-state index is 11.4. The first-order valence-electron chi connectivity index (χ1n) is 4.19. The van der Waals surface area contributed by atoms with Gasteiger partial charge in [-0.15, -0.1) is 0 Å². The van der Waals surface area contributed by atoms with E-state index in [4.69, 9.17) is 0 Å². The van der Waals surface area contributed by atoms with Gasteiger partial charge >= 0.3 is 0 Å². The van der Waals surface area contributed by atoms with Crippen molar-refractivity contribution in [2.24, 2.45) is 0 Å². The van der Waals surface area contributed by atoms with Gasteiger partial charge < -0.3 is 10.3 Å². The fraction of sp³-hybridized carbons (Fsp3) is 0.222. The number of H-pyrrole nitrogens is 1. The van der Waals surface area contributed by atoms with Gasteiger partial charge in [0, 0.05) is 11.9 Å². The van der Waals surface area contributed by atoms with Crippen LogP contribution in [0.5, 0.6) is 0 Å². The molecule has 0 unspecified atom stereocenters. The quantitative estimate of drug-likeness (QED) is 0.711. The largest absolute Gasteiger partial charge is 0.758 e. The van der Waals surface area contributed by atoms with Crippen molar-refractivity contribution in [2.75, 3.05) is 11.6 Å². The van der Waals surface area contributed by atoms with E-state index in [-0.39, 0.29) is 0 Å². The van der Waals surface area contributed by atoms with E-state index in [0.717, 1.165) is 16.0 Å². The molecule has 68 valence electrons. The molecule has 1 heterocycles. The van der Waals surface area contributed by atoms with Crippen molar-refractivity contribution in [2.45, 2.75) is 6.92 Å². The Morgan fingerprint density at radius 1 is 1.54 bits per heavy atom. The Hall–Kier alpha value is -1.55. The van der Waals surface area contributed by atoms with E-state index in [1.165, 1.54) is 0 Å². The van der Waals surface area contributed by atoms with Gasteiger partial charge in [0.15, 0.2) is 0 Å². The van der Waals surface area contributed by atoms with E-state index in [9.17, 15) is 5.21 Å². The number of nitrogens with one attached hydrogen (secondary N) is 1. The second kappa shape index (κ2) is 3.06. The molecule has 0 saturated heterocycles. The minimum Gasteiger partial charge on any atom is -0.758 e. The van der Waals surface area contributed by atoms with Crippen LogP contribution < -0.4 is 5.06 Å². The second-order valence-corrected chi connectivity index (χ2v) is 2.81. The molecule has 0 aliphatic carbocycles. The zero-order valence-corrected chi connectivity index (χ0v) is 7.32. The number of fused-ring (bicyclic) bond motifs is 1. The average molecular weight is 176 g/mol. The standard InChI is InChI=1S/C9H10N3O/c1-2-12(13)8-5-3-4-7-6-10-11-9(7)8/h3-6H,2H2,1H3,(H,10,11)/q-1. The third-order valence-corrected chi connectivity index (χ3v) is 2.01. The van der Waals surface area contributed by atoms with E-state index in [1.54, 1.807) is 12.3 Å². The summed E-state index contributed by atoms with van der Waals surface area (Å²) < 4.78 is 0. The van der Waals surface area contributed by atoms with Gasteiger partial charge in [-0.3, -0.25) is 5.10 Å². The molecule has 0 radical (unpaired) electrons. The molecule has 4 nitrogen and oxygen atoms in total. The highest BCUT2D eigenvalue weighted by atomic mass is 16.5. The summed E-state index contributed by atoms with van der Waals surface area (Å²) in [4.78, 5) is 0. The van der Waals surface area contributed by atoms with Crippen LogP contribution in [-0.4, -0.2) is 16.7 Å². The fourth-order valence-electron chi connectivity index (χ4n) is 1.33. The van der Waals surface area contributed by atoms with Crippen LogP contribution in [0.4, 0.5) is 5.69 Å². The fourth-order valence-corrected chi connectivity index (χ4v) is 1.33. The van der Waals surface area contributed by atoms with Gasteiger partial charge in [0.1, 0.15) is 0 Å². The third kappa shape index (κ3) is 1.25. The lowest BCUT2D eigenvalue weighted by molar-refractivity contribution is 1.02. The summed E-state index contributed by atoms with van der Waals surface area (Å²) in [5, 5.41) is 20.0. The van der Waals surface area contributed by atoms with Crippen LogP contribution in [0, 0.1) is 5.21 Å². The van der Waals surface area contributed by atoms with E-state index in [0.29, 0.717) is 12.2 Å². The van der Waals surface area contributed by atoms with Gasteiger partial charge in [-0.2, -0.15) is 5.10 Å². The number of hydrogen-bond acceptors (Lipinski definition) is 3. The minimum absolute atomic E-state index is 0.443. The molecule has 0 fully saturated rings. The molecule has 13 heavy (non-hydrogen) atoms. The maximum Gasteiger partial charge on any atom is 0.0875 e. The minimum atomic E-state index is 0.443. The maximum absolute atomic E-state index is 11.4. The molecule has 1 aromatic heterocycles. The summed E-state index contributed by atoms with van der Waals surface area (Å²) in [6.45, 7) is 2.26. The highest BCUT2D eigenvalue weighted by Gasteiger charge is 2.01. The molecular weight excluding hydrogens is 166 g/mol. The first-order chi connectivity index (χ1) is 6.33. The highest BCUT2D eigenvalue weighted by Crippen LogP contribution is 2.23. The number of aromatic amines is 1. The molecule has 0 saturated carbocycles. The number of hydroxylamine groups is 1. The predicted molar refractivity (Wildman–Crippen MR) is 52.5 cm³/mol. The van der Waals surface area contributed by atoms with Crippen molar-refractivity contribution in [3.8, 4) is 0 Å². The number of nitrogens with zero attached hydrogens (tertiary/aromatic N) is 2. The first-order valence-corrected chi connectivity index (χ1v) is 4.19. The number of rotatable bonds is 2. The van der Waals surface area contributed by atoms with Gasteiger partial charge in [-0.1, -0.05) is 12.1 Å². The van der Waals surface area contributed by atoms with Gasteiger partial charge in [-0.05, 0) is 13.0 Å². The van der Waals surface area contributed by atoms with Crippen LogP contribution in [-0.2, 0) is 0 Å². The molecule has 0 spiro atoms. The van der Waals surface area contributed by atoms with Crippen molar-refractivity contribution >= 4 is 16.6 Å². The molecule has 2 aromatic rings. The van der Waals surface area contributed by atoms with E-state index in [1.807, 2.05) is 19.1 Å². The Morgan fingerprint density at radius 2 is 2.38 bits per heavy atom. The van der Waals surface area contributed by atoms with Crippen LogP contribution in [0.15, 0.2) is 24.4 Å². The van der Waals surface area contributed by atoms with Crippen LogP contribution in [0.2, 0.25) is 0 Å². The normalized spacial score (nSPS) is 10.6. The number of anilines is 1. The lowest BCUT2D eigenvalue weighted by Gasteiger charge is -2.29. The molecule has 2 rings (SSSR count). The molecular formula is C9H10N3O-. The summed E-state index contributed by atoms with van der Waals surface area (Å²) >= 11 is 0. The van der Waals surface area contributed by atoms with Crippen LogP contribution in [0.1, 0.15) is 6.92 Å². The molecule has 0 atom stereocenters. The summed E-state index contributed by atoms with van der Waals surface area (Å²) in [5.74, 6) is 0. The van der Waals surface area contributed by atoms with Crippen molar-refractivity contribution < 1.29 is 0 Å². The van der Waals surface area contributed by atoms with E-state index in [2.05, 4.69) is 10.2 Å². The molecule has 0 amide bonds. The van der Waals surface area contributed by atoms with Gasteiger partial charge in [0.05, 0.1) is 17.4 Å². The monoisotopic (exact) mass is 176 g/mol. The van der Waals surface area contributed by atoms with Crippen molar-refractivity contribution in [3.63, 3.8) is 0 Å². The Labute approximate surface area is 75.7 Å². The molecule has 4 heteroatoms. The summed E-state index contributed by atoms with van der Waals surface area (Å²) in [6, 6.07) is 5.57. The van der Waals surface area contributed by atoms with Crippen molar-refractivity contribution in [1.29, 1.82) is 0 Å². The topological polar surface area (TPSA) is 55.0 Å². The van der Waals surface area contributed by atoms with Gasteiger partial charge in [0.2, 0.25) is 0 Å². The Morgan fingerprint density at radius 3 is 3.15 bits per heavy atom. The highest BCUT2D eigenvalue weighted by molar-refractivity contribution is 5.90. The third-order valence-electron chi connectivity index (χ3n) is 2.01. The average Bonchev–Trinajstić information content (AvgIpc) is 2.63. The zero-order chi connectivity index (χ0) is 9.26. The Bertz CT molecular complexity index is 410. The Balaban J connectivity index is 2.60. The number of para-hydroxylation sites is 1. The van der Waals surface area contributed by atoms with Crippen LogP contribution in [0.25, 0.3) is 10.9 Å². The lowest BCUT2D eigenvalue weighted by Crippen LogP contribution is -2.13. The predicted octanol–water partition coefficient (Wildman–Crippen LogP) is 1.89. The molecule has 1 N–H and O–H groups in total. The van der Waals surface area contributed by atoms with Gasteiger partial charge in [0.25, 0.3) is 0 Å². The molecule has 0 aliphatic rings. The second-order valence-electron chi connectivity index (χ2n) is 2.81. The van der Waals surface area contributed by atoms with Gasteiger partial charge in [-0.25, -0.2) is 0 Å². The smallest absolute Gasteiger partial charge is 0.0875 e. The van der Waals surface area contributed by atoms with E-state index >= 15 is 0 Å². The summed E-state index contributed by atoms with van der Waals surface area (Å²) in [5.41, 5.74) is 1.46.